The predicted molar refractivity (Wildman–Crippen MR) is 197 cm³/mol. The number of fused-ring (bicyclic) bond motifs is 2. The summed E-state index contributed by atoms with van der Waals surface area (Å²) < 4.78 is 7.96. The predicted octanol–water partition coefficient (Wildman–Crippen LogP) is 9.39. The van der Waals surface area contributed by atoms with E-state index in [9.17, 15) is 4.79 Å². The minimum atomic E-state index is -0.280. The molecule has 0 saturated carbocycles. The molecule has 1 fully saturated rings. The Morgan fingerprint density at radius 2 is 1.58 bits per heavy atom. The number of likely N-dealkylation sites (tertiary alicyclic amines) is 1. The third-order valence-electron chi connectivity index (χ3n) is 9.85. The second-order valence-corrected chi connectivity index (χ2v) is 13.3. The van der Waals surface area contributed by atoms with Gasteiger partial charge in [-0.3, -0.25) is 4.40 Å². The van der Waals surface area contributed by atoms with Gasteiger partial charge in [-0.15, -0.1) is 0 Å². The third-order valence-corrected chi connectivity index (χ3v) is 10.1. The van der Waals surface area contributed by atoms with Crippen LogP contribution in [0.1, 0.15) is 41.3 Å². The van der Waals surface area contributed by atoms with Crippen LogP contribution in [-0.2, 0) is 17.8 Å². The van der Waals surface area contributed by atoms with Crippen LogP contribution in [-0.4, -0.2) is 42.9 Å². The number of carbonyl (C=O) groups excluding carboxylic acids is 1. The van der Waals surface area contributed by atoms with Gasteiger partial charge in [-0.25, -0.2) is 19.7 Å². The normalized spacial score (nSPS) is 16.8. The molecular weight excluding hydrogens is 642 g/mol. The SMILES string of the molecule is O=C(OCc1ccccc1)N1CCC(C(c2ccc3ccc(-c4ccccc4)nc3c2)c2ncc3c(Cl)nccn23)CC1Cc1ccccc1. The van der Waals surface area contributed by atoms with Crippen LogP contribution in [0.3, 0.4) is 0 Å². The molecule has 7 nitrogen and oxygen atoms in total. The number of hydrogen-bond donors (Lipinski definition) is 0. The van der Waals surface area contributed by atoms with Crippen molar-refractivity contribution < 1.29 is 9.53 Å². The molecule has 0 bridgehead atoms. The number of rotatable bonds is 8. The largest absolute Gasteiger partial charge is 0.445 e. The molecular formula is C42H36ClN5O2. The number of benzene rings is 4. The van der Waals surface area contributed by atoms with Crippen LogP contribution >= 0.6 is 11.6 Å². The van der Waals surface area contributed by atoms with Gasteiger partial charge in [0.2, 0.25) is 0 Å². The second kappa shape index (κ2) is 14.1. The average Bonchev–Trinajstić information content (AvgIpc) is 3.60. The Balaban J connectivity index is 1.17. The first-order valence-corrected chi connectivity index (χ1v) is 17.4. The van der Waals surface area contributed by atoms with E-state index >= 15 is 0 Å². The lowest BCUT2D eigenvalue weighted by Gasteiger charge is -2.41. The molecule has 0 radical (unpaired) electrons. The molecule has 7 aromatic rings. The lowest BCUT2D eigenvalue weighted by atomic mass is 9.76. The highest BCUT2D eigenvalue weighted by Gasteiger charge is 2.38. The Morgan fingerprint density at radius 1 is 0.860 bits per heavy atom. The van der Waals surface area contributed by atoms with E-state index < -0.39 is 0 Å². The van der Waals surface area contributed by atoms with Gasteiger partial charge < -0.3 is 9.64 Å². The zero-order valence-corrected chi connectivity index (χ0v) is 28.2. The maximum Gasteiger partial charge on any atom is 0.410 e. The molecule has 1 aliphatic heterocycles. The quantitative estimate of drug-likeness (QED) is 0.160. The van der Waals surface area contributed by atoms with Crippen molar-refractivity contribution >= 4 is 34.1 Å². The fourth-order valence-corrected chi connectivity index (χ4v) is 7.58. The first-order valence-electron chi connectivity index (χ1n) is 17.1. The molecule has 3 atom stereocenters. The van der Waals surface area contributed by atoms with E-state index in [2.05, 4.69) is 76.1 Å². The van der Waals surface area contributed by atoms with Gasteiger partial charge in [0.1, 0.15) is 17.9 Å². The van der Waals surface area contributed by atoms with Gasteiger partial charge in [0, 0.05) is 41.8 Å². The molecule has 1 aliphatic rings. The van der Waals surface area contributed by atoms with Crippen molar-refractivity contribution in [1.29, 1.82) is 0 Å². The highest BCUT2D eigenvalue weighted by atomic mass is 35.5. The highest BCUT2D eigenvalue weighted by Crippen LogP contribution is 2.41. The summed E-state index contributed by atoms with van der Waals surface area (Å²) in [4.78, 5) is 30.1. The van der Waals surface area contributed by atoms with Crippen LogP contribution in [0.5, 0.6) is 0 Å². The van der Waals surface area contributed by atoms with Crippen molar-refractivity contribution in [3.05, 3.63) is 168 Å². The van der Waals surface area contributed by atoms with Gasteiger partial charge >= 0.3 is 6.09 Å². The first kappa shape index (κ1) is 31.7. The van der Waals surface area contributed by atoms with Crippen molar-refractivity contribution in [3.8, 4) is 11.3 Å². The smallest absolute Gasteiger partial charge is 0.410 e. The van der Waals surface area contributed by atoms with E-state index in [0.717, 1.165) is 63.9 Å². The topological polar surface area (TPSA) is 72.6 Å². The Bertz CT molecular complexity index is 2240. The zero-order chi connectivity index (χ0) is 33.9. The van der Waals surface area contributed by atoms with Crippen LogP contribution < -0.4 is 0 Å². The van der Waals surface area contributed by atoms with Gasteiger partial charge in [-0.05, 0) is 54.0 Å². The molecule has 8 rings (SSSR count). The number of aromatic nitrogens is 4. The first-order chi connectivity index (χ1) is 24.6. The van der Waals surface area contributed by atoms with Crippen molar-refractivity contribution in [3.63, 3.8) is 0 Å². The summed E-state index contributed by atoms with van der Waals surface area (Å²) in [6.07, 6.45) is 7.45. The van der Waals surface area contributed by atoms with E-state index in [1.54, 1.807) is 6.20 Å². The Morgan fingerprint density at radius 3 is 2.36 bits per heavy atom. The van der Waals surface area contributed by atoms with E-state index in [1.165, 1.54) is 5.56 Å². The summed E-state index contributed by atoms with van der Waals surface area (Å²) >= 11 is 6.56. The number of carbonyl (C=O) groups is 1. The summed E-state index contributed by atoms with van der Waals surface area (Å²) in [5, 5.41) is 1.49. The molecule has 0 spiro atoms. The number of nitrogens with zero attached hydrogens (tertiary/aromatic N) is 5. The fourth-order valence-electron chi connectivity index (χ4n) is 7.38. The number of pyridine rings is 1. The molecule has 0 aliphatic carbocycles. The summed E-state index contributed by atoms with van der Waals surface area (Å²) in [7, 11) is 0. The molecule has 1 amide bonds. The number of imidazole rings is 1. The van der Waals surface area contributed by atoms with Crippen molar-refractivity contribution in [2.75, 3.05) is 6.54 Å². The summed E-state index contributed by atoms with van der Waals surface area (Å²) in [6.45, 7) is 0.812. The molecule has 3 aromatic heterocycles. The van der Waals surface area contributed by atoms with Crippen molar-refractivity contribution in [1.82, 2.24) is 24.3 Å². The molecule has 248 valence electrons. The van der Waals surface area contributed by atoms with E-state index in [1.807, 2.05) is 71.9 Å². The molecule has 8 heteroatoms. The van der Waals surface area contributed by atoms with Crippen molar-refractivity contribution in [2.24, 2.45) is 5.92 Å². The minimum absolute atomic E-state index is 0.0679. The Hall–Kier alpha value is -5.53. The maximum atomic E-state index is 13.7. The van der Waals surface area contributed by atoms with Crippen LogP contribution in [0.4, 0.5) is 4.79 Å². The minimum Gasteiger partial charge on any atom is -0.445 e. The Labute approximate surface area is 296 Å². The lowest BCUT2D eigenvalue weighted by molar-refractivity contribution is 0.0545. The van der Waals surface area contributed by atoms with E-state index in [4.69, 9.17) is 26.3 Å². The molecule has 3 unspecified atom stereocenters. The van der Waals surface area contributed by atoms with Gasteiger partial charge in [-0.1, -0.05) is 121 Å². The summed E-state index contributed by atoms with van der Waals surface area (Å²) in [5.41, 5.74) is 6.98. The molecule has 4 heterocycles. The molecule has 0 N–H and O–H groups in total. The number of hydrogen-bond acceptors (Lipinski definition) is 5. The van der Waals surface area contributed by atoms with E-state index in [-0.39, 0.29) is 30.6 Å². The fraction of sp³-hybridized carbons (Fsp3) is 0.190. The van der Waals surface area contributed by atoms with Gasteiger partial charge in [-0.2, -0.15) is 0 Å². The number of piperidine rings is 1. The average molecular weight is 678 g/mol. The van der Waals surface area contributed by atoms with Crippen LogP contribution in [0.2, 0.25) is 5.15 Å². The highest BCUT2D eigenvalue weighted by molar-refractivity contribution is 6.32. The van der Waals surface area contributed by atoms with Gasteiger partial charge in [0.15, 0.2) is 5.15 Å². The maximum absolute atomic E-state index is 13.7. The molecule has 4 aromatic carbocycles. The van der Waals surface area contributed by atoms with Gasteiger partial charge in [0.05, 0.1) is 17.4 Å². The van der Waals surface area contributed by atoms with E-state index in [0.29, 0.717) is 11.7 Å². The Kier molecular flexibility index (Phi) is 8.97. The summed E-state index contributed by atoms with van der Waals surface area (Å²) in [6, 6.07) is 41.2. The molecule has 50 heavy (non-hydrogen) atoms. The molecule has 1 saturated heterocycles. The third kappa shape index (κ3) is 6.57. The summed E-state index contributed by atoms with van der Waals surface area (Å²) in [5.74, 6) is 0.962. The number of amides is 1. The van der Waals surface area contributed by atoms with Crippen molar-refractivity contribution in [2.45, 2.75) is 37.8 Å². The van der Waals surface area contributed by atoms with Gasteiger partial charge in [0.25, 0.3) is 0 Å². The number of halogens is 1. The monoisotopic (exact) mass is 677 g/mol. The lowest BCUT2D eigenvalue weighted by Crippen LogP contribution is -2.48. The second-order valence-electron chi connectivity index (χ2n) is 12.9. The van der Waals surface area contributed by atoms with Crippen LogP contribution in [0, 0.1) is 5.92 Å². The standard InChI is InChI=1S/C42H36ClN5O2/c43-40-38-27-45-41(48(38)23-21-44-40)39(33-17-16-32-18-19-36(46-37(32)26-33)31-14-8-3-9-15-31)34-20-22-47(35(25-34)24-29-10-4-1-5-11-29)42(49)50-28-30-12-6-2-7-13-30/h1-19,21,23,26-27,34-35,39H,20,22,24-25,28H2. The van der Waals surface area contributed by atoms with Crippen LogP contribution in [0.15, 0.2) is 140 Å². The number of ether oxygens (including phenoxy) is 1. The van der Waals surface area contributed by atoms with Crippen LogP contribution in [0.25, 0.3) is 27.7 Å². The zero-order valence-electron chi connectivity index (χ0n) is 27.5.